The van der Waals surface area contributed by atoms with Crippen LogP contribution in [-0.4, -0.2) is 64.9 Å². The molecule has 31 heavy (non-hydrogen) atoms. The molecule has 2 aromatic carbocycles. The van der Waals surface area contributed by atoms with E-state index in [0.29, 0.717) is 19.0 Å². The topological polar surface area (TPSA) is 59.5 Å². The van der Waals surface area contributed by atoms with Crippen LogP contribution >= 0.6 is 11.6 Å². The summed E-state index contributed by atoms with van der Waals surface area (Å²) in [6.07, 6.45) is -0.615. The number of anilines is 1. The number of urea groups is 1. The summed E-state index contributed by atoms with van der Waals surface area (Å²) in [4.78, 5) is 37.6. The zero-order valence-electron chi connectivity index (χ0n) is 17.1. The highest BCUT2D eigenvalue weighted by molar-refractivity contribution is 6.31. The molecule has 3 amide bonds. The quantitative estimate of drug-likeness (QED) is 0.734. The Morgan fingerprint density at radius 3 is 2.58 bits per heavy atom. The van der Waals surface area contributed by atoms with Crippen molar-refractivity contribution < 1.29 is 14.0 Å². The number of imide groups is 1. The van der Waals surface area contributed by atoms with Crippen LogP contribution in [0.3, 0.4) is 0 Å². The van der Waals surface area contributed by atoms with E-state index in [0.717, 1.165) is 16.2 Å². The fourth-order valence-corrected chi connectivity index (χ4v) is 4.62. The lowest BCUT2D eigenvalue weighted by atomic mass is 10.1. The van der Waals surface area contributed by atoms with Gasteiger partial charge in [-0.05, 0) is 31.2 Å². The Kier molecular flexibility index (Phi) is 4.62. The second-order valence-corrected chi connectivity index (χ2v) is 8.39. The number of benzene rings is 2. The van der Waals surface area contributed by atoms with Crippen LogP contribution in [0, 0.1) is 12.7 Å². The van der Waals surface area contributed by atoms with Gasteiger partial charge in [0.1, 0.15) is 5.82 Å². The maximum Gasteiger partial charge on any atom is 0.328 e. The molecule has 0 bridgehead atoms. The molecule has 3 heterocycles. The molecule has 5 rings (SSSR count). The summed E-state index contributed by atoms with van der Waals surface area (Å²) in [5.74, 6) is -0.262. The van der Waals surface area contributed by atoms with Crippen molar-refractivity contribution >= 4 is 35.2 Å². The number of guanidine groups is 1. The third-order valence-electron chi connectivity index (χ3n) is 6.10. The molecule has 7 nitrogen and oxygen atoms in total. The van der Waals surface area contributed by atoms with Gasteiger partial charge in [-0.3, -0.25) is 9.69 Å². The molecule has 160 valence electrons. The SMILES string of the molecule is Cc1ccc(N2CCN3C2=NC2C3C(=O)N(Cc3c(F)cccc3Cl)C(=O)N2C)cc1. The molecule has 0 N–H and O–H groups in total. The number of fused-ring (bicyclic) bond motifs is 3. The Labute approximate surface area is 184 Å². The van der Waals surface area contributed by atoms with Crippen LogP contribution in [0.2, 0.25) is 5.02 Å². The number of amides is 3. The summed E-state index contributed by atoms with van der Waals surface area (Å²) in [7, 11) is 1.62. The zero-order chi connectivity index (χ0) is 21.9. The fourth-order valence-electron chi connectivity index (χ4n) is 4.39. The first kappa shape index (κ1) is 19.8. The van der Waals surface area contributed by atoms with Crippen molar-refractivity contribution in [2.45, 2.75) is 25.7 Å². The predicted octanol–water partition coefficient (Wildman–Crippen LogP) is 3.07. The van der Waals surface area contributed by atoms with Gasteiger partial charge in [0, 0.05) is 36.4 Å². The molecule has 2 aromatic rings. The Bertz CT molecular complexity index is 1090. The van der Waals surface area contributed by atoms with Crippen LogP contribution < -0.4 is 4.90 Å². The summed E-state index contributed by atoms with van der Waals surface area (Å²) in [5.41, 5.74) is 2.27. The van der Waals surface area contributed by atoms with E-state index in [2.05, 4.69) is 4.90 Å². The van der Waals surface area contributed by atoms with Crippen molar-refractivity contribution in [2.75, 3.05) is 25.0 Å². The highest BCUT2D eigenvalue weighted by Gasteiger charge is 2.54. The van der Waals surface area contributed by atoms with Gasteiger partial charge < -0.3 is 14.7 Å². The fraction of sp³-hybridized carbons (Fsp3) is 0.318. The minimum atomic E-state index is -0.640. The molecule has 0 saturated carbocycles. The molecule has 0 aliphatic carbocycles. The molecule has 2 saturated heterocycles. The second kappa shape index (κ2) is 7.23. The Hall–Kier alpha value is -3.13. The molecule has 0 spiro atoms. The molecule has 2 fully saturated rings. The predicted molar refractivity (Wildman–Crippen MR) is 115 cm³/mol. The normalized spacial score (nSPS) is 22.8. The van der Waals surface area contributed by atoms with Crippen LogP contribution in [0.15, 0.2) is 47.5 Å². The first-order valence-corrected chi connectivity index (χ1v) is 10.4. The van der Waals surface area contributed by atoms with Crippen molar-refractivity contribution in [3.05, 3.63) is 64.4 Å². The van der Waals surface area contributed by atoms with E-state index in [1.165, 1.54) is 17.0 Å². The largest absolute Gasteiger partial charge is 0.328 e. The van der Waals surface area contributed by atoms with Gasteiger partial charge in [0.15, 0.2) is 12.2 Å². The molecule has 2 unspecified atom stereocenters. The third-order valence-corrected chi connectivity index (χ3v) is 6.45. The zero-order valence-corrected chi connectivity index (χ0v) is 17.9. The van der Waals surface area contributed by atoms with Gasteiger partial charge in [0.2, 0.25) is 5.96 Å². The van der Waals surface area contributed by atoms with Gasteiger partial charge in [-0.25, -0.2) is 14.2 Å². The van der Waals surface area contributed by atoms with E-state index < -0.39 is 30.0 Å². The number of carbonyl (C=O) groups excluding carboxylic acids is 2. The second-order valence-electron chi connectivity index (χ2n) is 7.99. The van der Waals surface area contributed by atoms with E-state index in [-0.39, 0.29) is 17.1 Å². The number of hydrogen-bond donors (Lipinski definition) is 0. The number of rotatable bonds is 3. The lowest BCUT2D eigenvalue weighted by Gasteiger charge is -2.40. The van der Waals surface area contributed by atoms with Crippen LogP contribution in [0.1, 0.15) is 11.1 Å². The van der Waals surface area contributed by atoms with Gasteiger partial charge >= 0.3 is 6.03 Å². The monoisotopic (exact) mass is 441 g/mol. The van der Waals surface area contributed by atoms with Crippen molar-refractivity contribution in [1.82, 2.24) is 14.7 Å². The van der Waals surface area contributed by atoms with E-state index in [1.807, 2.05) is 36.1 Å². The summed E-state index contributed by atoms with van der Waals surface area (Å²) in [6.45, 7) is 3.10. The molecule has 9 heteroatoms. The van der Waals surface area contributed by atoms with Crippen LogP contribution in [0.4, 0.5) is 14.9 Å². The number of hydrogen-bond acceptors (Lipinski definition) is 5. The lowest BCUT2D eigenvalue weighted by Crippen LogP contribution is -2.64. The summed E-state index contributed by atoms with van der Waals surface area (Å²) in [6, 6.07) is 11.2. The van der Waals surface area contributed by atoms with E-state index in [4.69, 9.17) is 16.6 Å². The van der Waals surface area contributed by atoms with E-state index in [1.54, 1.807) is 13.1 Å². The number of aryl methyl sites for hydroxylation is 1. The molecule has 0 radical (unpaired) electrons. The number of aliphatic imine (C=N–C) groups is 1. The van der Waals surface area contributed by atoms with Crippen molar-refractivity contribution in [1.29, 1.82) is 0 Å². The van der Waals surface area contributed by atoms with E-state index in [9.17, 15) is 14.0 Å². The minimum absolute atomic E-state index is 0.125. The van der Waals surface area contributed by atoms with Gasteiger partial charge in [-0.2, -0.15) is 0 Å². The first-order chi connectivity index (χ1) is 14.9. The van der Waals surface area contributed by atoms with Gasteiger partial charge in [0.05, 0.1) is 6.54 Å². The maximum atomic E-state index is 14.3. The van der Waals surface area contributed by atoms with Gasteiger partial charge in [-0.1, -0.05) is 35.4 Å². The molecular weight excluding hydrogens is 421 g/mol. The summed E-state index contributed by atoms with van der Waals surface area (Å²) in [5, 5.41) is 0.181. The number of likely N-dealkylation sites (N-methyl/N-ethyl adjacent to an activating group) is 1. The summed E-state index contributed by atoms with van der Waals surface area (Å²) < 4.78 is 14.3. The van der Waals surface area contributed by atoms with E-state index >= 15 is 0 Å². The third kappa shape index (κ3) is 3.05. The highest BCUT2D eigenvalue weighted by Crippen LogP contribution is 2.34. The van der Waals surface area contributed by atoms with Crippen molar-refractivity contribution in [2.24, 2.45) is 4.99 Å². The average Bonchev–Trinajstić information content (AvgIpc) is 3.31. The maximum absolute atomic E-state index is 14.3. The number of halogens is 2. The number of carbonyl (C=O) groups is 2. The smallest absolute Gasteiger partial charge is 0.325 e. The van der Waals surface area contributed by atoms with Crippen molar-refractivity contribution in [3.8, 4) is 0 Å². The van der Waals surface area contributed by atoms with Crippen molar-refractivity contribution in [3.63, 3.8) is 0 Å². The molecule has 3 aliphatic rings. The van der Waals surface area contributed by atoms with Gasteiger partial charge in [0.25, 0.3) is 5.91 Å². The number of nitrogens with zero attached hydrogens (tertiary/aromatic N) is 5. The average molecular weight is 442 g/mol. The van der Waals surface area contributed by atoms with Crippen LogP contribution in [-0.2, 0) is 11.3 Å². The van der Waals surface area contributed by atoms with Gasteiger partial charge in [-0.15, -0.1) is 0 Å². The highest BCUT2D eigenvalue weighted by atomic mass is 35.5. The Balaban J connectivity index is 1.45. The molecule has 0 aromatic heterocycles. The van der Waals surface area contributed by atoms with Crippen LogP contribution in [0.25, 0.3) is 0 Å². The van der Waals surface area contributed by atoms with Crippen LogP contribution in [0.5, 0.6) is 0 Å². The molecule has 3 aliphatic heterocycles. The summed E-state index contributed by atoms with van der Waals surface area (Å²) >= 11 is 6.14. The minimum Gasteiger partial charge on any atom is -0.325 e. The Morgan fingerprint density at radius 2 is 1.87 bits per heavy atom. The molecular formula is C22H21ClFN5O2. The Morgan fingerprint density at radius 1 is 1.13 bits per heavy atom. The molecule has 2 atom stereocenters. The standard InChI is InChI=1S/C22H21ClFN5O2/c1-13-6-8-14(9-7-13)27-10-11-28-18-19(25-21(27)28)26(2)22(31)29(20(18)30)12-15-16(23)4-3-5-17(15)24/h3-9,18-19H,10-12H2,1-2H3. The lowest BCUT2D eigenvalue weighted by molar-refractivity contribution is -0.137. The first-order valence-electron chi connectivity index (χ1n) is 10.1.